The molecule has 0 aliphatic heterocycles. The number of para-hydroxylation sites is 2. The molecule has 2 heterocycles. The van der Waals surface area contributed by atoms with E-state index in [9.17, 15) is 9.59 Å². The van der Waals surface area contributed by atoms with Crippen LogP contribution in [0.5, 0.6) is 0 Å². The number of rotatable bonds is 8. The zero-order chi connectivity index (χ0) is 24.1. The third kappa shape index (κ3) is 5.53. The number of nitrogens with one attached hydrogen (secondary N) is 3. The third-order valence-corrected chi connectivity index (χ3v) is 5.86. The minimum absolute atomic E-state index is 0.191. The third-order valence-electron chi connectivity index (χ3n) is 5.01. The molecule has 9 nitrogen and oxygen atoms in total. The summed E-state index contributed by atoms with van der Waals surface area (Å²) in [4.78, 5) is 36.5. The maximum Gasteiger partial charge on any atom is 0.260 e. The molecule has 10 heteroatoms. The second-order valence-corrected chi connectivity index (χ2v) is 8.71. The topological polar surface area (TPSA) is 112 Å². The SMILES string of the molecule is Cc1nsc(Nc2cnc3ccccc3n2)c1C(=O)Nc1cccc(C(=O)NCCN(C)C)c1. The number of hydrogen-bond donors (Lipinski definition) is 3. The molecular weight excluding hydrogens is 450 g/mol. The number of aryl methyl sites for hydroxylation is 1. The zero-order valence-electron chi connectivity index (χ0n) is 19.1. The van der Waals surface area contributed by atoms with Gasteiger partial charge in [0.05, 0.1) is 28.5 Å². The summed E-state index contributed by atoms with van der Waals surface area (Å²) in [6.45, 7) is 3.05. The Kier molecular flexibility index (Phi) is 7.09. The van der Waals surface area contributed by atoms with E-state index in [1.807, 2.05) is 43.3 Å². The smallest absolute Gasteiger partial charge is 0.260 e. The Morgan fingerprint density at radius 1 is 1.03 bits per heavy atom. The number of carbonyl (C=O) groups is 2. The van der Waals surface area contributed by atoms with Crippen molar-refractivity contribution in [2.45, 2.75) is 6.92 Å². The number of hydrogen-bond acceptors (Lipinski definition) is 8. The van der Waals surface area contributed by atoms with Gasteiger partial charge in [0, 0.05) is 24.3 Å². The van der Waals surface area contributed by atoms with Crippen LogP contribution in [0.25, 0.3) is 11.0 Å². The predicted molar refractivity (Wildman–Crippen MR) is 135 cm³/mol. The lowest BCUT2D eigenvalue weighted by Crippen LogP contribution is -2.31. The number of aromatic nitrogens is 3. The molecule has 2 aromatic carbocycles. The predicted octanol–water partition coefficient (Wildman–Crippen LogP) is 3.68. The first-order valence-corrected chi connectivity index (χ1v) is 11.5. The molecule has 0 spiro atoms. The number of fused-ring (bicyclic) bond motifs is 1. The second-order valence-electron chi connectivity index (χ2n) is 7.94. The quantitative estimate of drug-likeness (QED) is 0.356. The normalized spacial score (nSPS) is 10.9. The molecule has 0 bridgehead atoms. The number of amides is 2. The van der Waals surface area contributed by atoms with Gasteiger partial charge in [0.15, 0.2) is 0 Å². The summed E-state index contributed by atoms with van der Waals surface area (Å²) in [7, 11) is 3.89. The van der Waals surface area contributed by atoms with E-state index in [2.05, 4.69) is 30.3 Å². The first kappa shape index (κ1) is 23.3. The molecule has 2 amide bonds. The van der Waals surface area contributed by atoms with Crippen LogP contribution in [0.4, 0.5) is 16.5 Å². The Morgan fingerprint density at radius 2 is 1.82 bits per heavy atom. The molecule has 0 unspecified atom stereocenters. The lowest BCUT2D eigenvalue weighted by atomic mass is 10.1. The maximum absolute atomic E-state index is 13.1. The summed E-state index contributed by atoms with van der Waals surface area (Å²) in [5, 5.41) is 9.48. The van der Waals surface area contributed by atoms with Crippen LogP contribution in [0.1, 0.15) is 26.4 Å². The second kappa shape index (κ2) is 10.4. The Morgan fingerprint density at radius 3 is 2.62 bits per heavy atom. The molecule has 0 aliphatic rings. The standard InChI is InChI=1S/C24H25N7O2S/c1-15-21(24(34-30-15)29-20-14-26-18-9-4-5-10-19(18)28-20)23(33)27-17-8-6-7-16(13-17)22(32)25-11-12-31(2)3/h4-10,13-14H,11-12H2,1-3H3,(H,25,32)(H,27,33)(H,28,29). The summed E-state index contributed by atoms with van der Waals surface area (Å²) in [6, 6.07) is 14.4. The number of carbonyl (C=O) groups excluding carboxylic acids is 2. The highest BCUT2D eigenvalue weighted by atomic mass is 32.1. The summed E-state index contributed by atoms with van der Waals surface area (Å²) >= 11 is 1.18. The summed E-state index contributed by atoms with van der Waals surface area (Å²) < 4.78 is 4.33. The van der Waals surface area contributed by atoms with E-state index in [1.54, 1.807) is 37.4 Å². The van der Waals surface area contributed by atoms with Crippen molar-refractivity contribution in [3.63, 3.8) is 0 Å². The van der Waals surface area contributed by atoms with Crippen LogP contribution in [0.15, 0.2) is 54.7 Å². The lowest BCUT2D eigenvalue weighted by Gasteiger charge is -2.11. The van der Waals surface area contributed by atoms with E-state index in [0.717, 1.165) is 17.6 Å². The van der Waals surface area contributed by atoms with E-state index in [1.165, 1.54) is 11.5 Å². The first-order valence-electron chi connectivity index (χ1n) is 10.7. The number of likely N-dealkylation sites (N-methyl/N-ethyl adjacent to an activating group) is 1. The van der Waals surface area contributed by atoms with Gasteiger partial charge in [-0.25, -0.2) is 4.98 Å². The molecule has 4 rings (SSSR count). The number of benzene rings is 2. The fraction of sp³-hybridized carbons (Fsp3) is 0.208. The first-order chi connectivity index (χ1) is 16.4. The highest BCUT2D eigenvalue weighted by molar-refractivity contribution is 7.10. The highest BCUT2D eigenvalue weighted by Gasteiger charge is 2.20. The van der Waals surface area contributed by atoms with Gasteiger partial charge >= 0.3 is 0 Å². The lowest BCUT2D eigenvalue weighted by molar-refractivity contribution is 0.0949. The van der Waals surface area contributed by atoms with Gasteiger partial charge in [-0.3, -0.25) is 14.6 Å². The molecular formula is C24H25N7O2S. The number of anilines is 3. The van der Waals surface area contributed by atoms with Crippen molar-refractivity contribution in [2.75, 3.05) is 37.8 Å². The van der Waals surface area contributed by atoms with Gasteiger partial charge in [-0.1, -0.05) is 18.2 Å². The Labute approximate surface area is 201 Å². The molecule has 3 N–H and O–H groups in total. The highest BCUT2D eigenvalue weighted by Crippen LogP contribution is 2.28. The molecule has 0 atom stereocenters. The van der Waals surface area contributed by atoms with E-state index in [4.69, 9.17) is 0 Å². The van der Waals surface area contributed by atoms with Gasteiger partial charge < -0.3 is 20.9 Å². The molecule has 0 aliphatic carbocycles. The fourth-order valence-corrected chi connectivity index (χ4v) is 4.08. The van der Waals surface area contributed by atoms with Crippen molar-refractivity contribution in [3.8, 4) is 0 Å². The summed E-state index contributed by atoms with van der Waals surface area (Å²) in [6.07, 6.45) is 1.62. The molecule has 2 aromatic heterocycles. The van der Waals surface area contributed by atoms with Crippen molar-refractivity contribution in [2.24, 2.45) is 0 Å². The van der Waals surface area contributed by atoms with E-state index in [0.29, 0.717) is 39.9 Å². The van der Waals surface area contributed by atoms with Gasteiger partial charge in [-0.2, -0.15) is 4.37 Å². The van der Waals surface area contributed by atoms with Crippen molar-refractivity contribution < 1.29 is 9.59 Å². The molecule has 4 aromatic rings. The average Bonchev–Trinajstić information content (AvgIpc) is 3.18. The van der Waals surface area contributed by atoms with E-state index in [-0.39, 0.29) is 11.8 Å². The molecule has 174 valence electrons. The van der Waals surface area contributed by atoms with Crippen molar-refractivity contribution in [3.05, 3.63) is 71.5 Å². The van der Waals surface area contributed by atoms with Gasteiger partial charge in [0.25, 0.3) is 11.8 Å². The van der Waals surface area contributed by atoms with Crippen molar-refractivity contribution in [1.29, 1.82) is 0 Å². The van der Waals surface area contributed by atoms with E-state index < -0.39 is 0 Å². The zero-order valence-corrected chi connectivity index (χ0v) is 19.9. The van der Waals surface area contributed by atoms with Gasteiger partial charge in [0.1, 0.15) is 10.8 Å². The Bertz CT molecular complexity index is 1340. The van der Waals surface area contributed by atoms with Gasteiger partial charge in [-0.05, 0) is 62.9 Å². The van der Waals surface area contributed by atoms with Crippen LogP contribution in [-0.4, -0.2) is 58.2 Å². The molecule has 0 fully saturated rings. The maximum atomic E-state index is 13.1. The van der Waals surface area contributed by atoms with Crippen molar-refractivity contribution >= 4 is 50.9 Å². The minimum atomic E-state index is -0.326. The van der Waals surface area contributed by atoms with Crippen LogP contribution in [-0.2, 0) is 0 Å². The monoisotopic (exact) mass is 475 g/mol. The van der Waals surface area contributed by atoms with Crippen LogP contribution >= 0.6 is 11.5 Å². The minimum Gasteiger partial charge on any atom is -0.351 e. The largest absolute Gasteiger partial charge is 0.351 e. The van der Waals surface area contributed by atoms with Crippen LogP contribution < -0.4 is 16.0 Å². The summed E-state index contributed by atoms with van der Waals surface area (Å²) in [5.74, 6) is 0.00372. The van der Waals surface area contributed by atoms with Crippen LogP contribution in [0, 0.1) is 6.92 Å². The van der Waals surface area contributed by atoms with Crippen LogP contribution in [0.2, 0.25) is 0 Å². The Hall–Kier alpha value is -3.89. The average molecular weight is 476 g/mol. The van der Waals surface area contributed by atoms with Crippen LogP contribution in [0.3, 0.4) is 0 Å². The molecule has 0 radical (unpaired) electrons. The molecule has 0 saturated heterocycles. The summed E-state index contributed by atoms with van der Waals surface area (Å²) in [5.41, 5.74) is 3.54. The number of nitrogens with zero attached hydrogens (tertiary/aromatic N) is 4. The van der Waals surface area contributed by atoms with Gasteiger partial charge in [0.2, 0.25) is 0 Å². The fourth-order valence-electron chi connectivity index (χ4n) is 3.28. The molecule has 34 heavy (non-hydrogen) atoms. The molecule has 0 saturated carbocycles. The van der Waals surface area contributed by atoms with Gasteiger partial charge in [-0.15, -0.1) is 0 Å². The van der Waals surface area contributed by atoms with E-state index >= 15 is 0 Å². The Balaban J connectivity index is 1.48. The van der Waals surface area contributed by atoms with Crippen molar-refractivity contribution in [1.82, 2.24) is 24.6 Å².